The van der Waals surface area contributed by atoms with Gasteiger partial charge in [0.2, 0.25) is 5.82 Å². The number of nitrogens with zero attached hydrogens (tertiary/aromatic N) is 4. The number of nitrogens with two attached hydrogens (primary N) is 1. The Bertz CT molecular complexity index is 1420. The van der Waals surface area contributed by atoms with Crippen LogP contribution in [-0.4, -0.2) is 44.7 Å². The number of amides is 2. The molecule has 1 saturated heterocycles. The summed E-state index contributed by atoms with van der Waals surface area (Å²) in [6, 6.07) is 19.2. The second kappa shape index (κ2) is 9.28. The number of benzene rings is 2. The van der Waals surface area contributed by atoms with Gasteiger partial charge in [-0.15, -0.1) is 0 Å². The van der Waals surface area contributed by atoms with E-state index in [1.165, 1.54) is 11.8 Å². The Labute approximate surface area is 208 Å². The van der Waals surface area contributed by atoms with Crippen LogP contribution in [0.25, 0.3) is 22.2 Å². The Kier molecular flexibility index (Phi) is 6.17. The molecule has 0 saturated carbocycles. The molecule has 2 atom stereocenters. The maximum absolute atomic E-state index is 14.1. The van der Waals surface area contributed by atoms with Crippen LogP contribution >= 0.6 is 11.8 Å². The molecule has 0 spiro atoms. The van der Waals surface area contributed by atoms with Crippen LogP contribution < -0.4 is 10.2 Å². The molecule has 0 aliphatic carbocycles. The van der Waals surface area contributed by atoms with E-state index in [0.717, 1.165) is 39.3 Å². The van der Waals surface area contributed by atoms with Crippen molar-refractivity contribution in [2.45, 2.75) is 31.0 Å². The third-order valence-electron chi connectivity index (χ3n) is 6.86. The lowest BCUT2D eigenvalue weighted by Crippen LogP contribution is -2.63. The van der Waals surface area contributed by atoms with Gasteiger partial charge in [-0.1, -0.05) is 48.2 Å². The van der Waals surface area contributed by atoms with Gasteiger partial charge in [-0.05, 0) is 42.3 Å². The van der Waals surface area contributed by atoms with Gasteiger partial charge in [0.25, 0.3) is 5.91 Å². The molecule has 3 heterocycles. The summed E-state index contributed by atoms with van der Waals surface area (Å²) in [4.78, 5) is 36.1. The van der Waals surface area contributed by atoms with Gasteiger partial charge in [-0.3, -0.25) is 4.79 Å². The van der Waals surface area contributed by atoms with Gasteiger partial charge in [-0.25, -0.2) is 19.2 Å². The fraction of sp³-hybridized carbons (Fsp3) is 0.259. The zero-order valence-electron chi connectivity index (χ0n) is 19.8. The highest BCUT2D eigenvalue weighted by Crippen LogP contribution is 2.41. The molecule has 5 rings (SSSR count). The predicted octanol–water partition coefficient (Wildman–Crippen LogP) is 4.22. The van der Waals surface area contributed by atoms with Crippen molar-refractivity contribution in [1.82, 2.24) is 19.0 Å². The van der Waals surface area contributed by atoms with Crippen molar-refractivity contribution >= 4 is 40.4 Å². The lowest BCUT2D eigenvalue weighted by molar-refractivity contribution is -0.134. The van der Waals surface area contributed by atoms with Crippen molar-refractivity contribution in [3.63, 3.8) is 0 Å². The molecular formula is C27H28N5O2S+. The maximum Gasteiger partial charge on any atom is 0.331 e. The number of hydrogen-bond acceptors (Lipinski definition) is 5. The summed E-state index contributed by atoms with van der Waals surface area (Å²) in [6.45, 7) is 2.53. The number of quaternary nitrogens is 1. The second-order valence-electron chi connectivity index (χ2n) is 9.02. The normalized spacial score (nSPS) is 19.8. The molecule has 7 nitrogen and oxygen atoms in total. The number of rotatable bonds is 6. The van der Waals surface area contributed by atoms with Crippen molar-refractivity contribution < 1.29 is 9.59 Å². The highest BCUT2D eigenvalue weighted by atomic mass is 32.2. The van der Waals surface area contributed by atoms with E-state index in [0.29, 0.717) is 18.8 Å². The van der Waals surface area contributed by atoms with E-state index in [1.54, 1.807) is 6.20 Å². The van der Waals surface area contributed by atoms with Crippen molar-refractivity contribution in [3.8, 4) is 11.1 Å². The van der Waals surface area contributed by atoms with Crippen LogP contribution in [0.5, 0.6) is 0 Å². The van der Waals surface area contributed by atoms with Gasteiger partial charge in [-0.2, -0.15) is 0 Å². The van der Waals surface area contributed by atoms with E-state index in [4.69, 9.17) is 15.7 Å². The van der Waals surface area contributed by atoms with Gasteiger partial charge in [0.1, 0.15) is 5.75 Å². The molecule has 0 radical (unpaired) electrons. The van der Waals surface area contributed by atoms with Crippen LogP contribution in [0.2, 0.25) is 0 Å². The average Bonchev–Trinajstić information content (AvgIpc) is 3.45. The van der Waals surface area contributed by atoms with Crippen molar-refractivity contribution in [3.05, 3.63) is 72.4 Å². The second-order valence-corrected chi connectivity index (χ2v) is 9.96. The summed E-state index contributed by atoms with van der Waals surface area (Å²) >= 11 is 1.39. The molecule has 2 N–H and O–H groups in total. The molecule has 4 aromatic rings. The van der Waals surface area contributed by atoms with Crippen LogP contribution in [0, 0.1) is 6.92 Å². The first-order valence-electron chi connectivity index (χ1n) is 11.7. The molecule has 1 aliphatic rings. The van der Waals surface area contributed by atoms with Gasteiger partial charge < -0.3 is 10.3 Å². The standard InChI is InChI=1S/C27H27N5O2S/c1-18-12-13-22-21(16-18)30-27(31(22)2)35-17-24(33)32(15-7-11-23(32)25(28)34)26-20(10-6-14-29-26)19-8-4-3-5-9-19/h3-6,8-10,12-14,16,23H,7,11,15,17H2,1-2H3,(H-,28,34)/p+1/t23-,32?/m0/s1. The van der Waals surface area contributed by atoms with Gasteiger partial charge >= 0.3 is 5.91 Å². The summed E-state index contributed by atoms with van der Waals surface area (Å²) in [5.74, 6) is 0.190. The molecule has 2 aromatic heterocycles. The average molecular weight is 487 g/mol. The number of hydrogen-bond donors (Lipinski definition) is 1. The molecule has 2 aromatic carbocycles. The van der Waals surface area contributed by atoms with Crippen LogP contribution in [0.1, 0.15) is 18.4 Å². The van der Waals surface area contributed by atoms with E-state index in [9.17, 15) is 9.59 Å². The molecule has 8 heteroatoms. The minimum absolute atomic E-state index is 0.0876. The summed E-state index contributed by atoms with van der Waals surface area (Å²) < 4.78 is 1.85. The number of primary amides is 1. The van der Waals surface area contributed by atoms with Gasteiger partial charge in [0.05, 0.1) is 23.1 Å². The Morgan fingerprint density at radius 1 is 1.14 bits per heavy atom. The van der Waals surface area contributed by atoms with Crippen LogP contribution in [0.15, 0.2) is 72.0 Å². The molecule has 2 amide bonds. The van der Waals surface area contributed by atoms with Crippen LogP contribution in [-0.2, 0) is 16.6 Å². The first-order chi connectivity index (χ1) is 16.9. The predicted molar refractivity (Wildman–Crippen MR) is 140 cm³/mol. The van der Waals surface area contributed by atoms with Crippen LogP contribution in [0.4, 0.5) is 5.82 Å². The lowest BCUT2D eigenvalue weighted by atomic mass is 10.0. The number of likely N-dealkylation sites (tertiary alicyclic amines) is 1. The highest BCUT2D eigenvalue weighted by Gasteiger charge is 2.54. The summed E-state index contributed by atoms with van der Waals surface area (Å²) in [5.41, 5.74) is 10.7. The van der Waals surface area contributed by atoms with Crippen molar-refractivity contribution in [1.29, 1.82) is 0 Å². The summed E-state index contributed by atoms with van der Waals surface area (Å²) in [6.07, 6.45) is 2.97. The molecule has 35 heavy (non-hydrogen) atoms. The third-order valence-corrected chi connectivity index (χ3v) is 7.88. The SMILES string of the molecule is Cc1ccc2c(c1)nc(SCC(=O)[N+]1(c3ncccc3-c3ccccc3)CCC[C@H]1C(N)=O)n2C. The topological polar surface area (TPSA) is 90.9 Å². The number of fused-ring (bicyclic) bond motifs is 1. The number of aromatic nitrogens is 3. The minimum atomic E-state index is -0.649. The van der Waals surface area contributed by atoms with Crippen molar-refractivity contribution in [2.75, 3.05) is 12.3 Å². The number of aryl methyl sites for hydroxylation is 2. The minimum Gasteiger partial charge on any atom is -0.364 e. The molecular weight excluding hydrogens is 458 g/mol. The van der Waals surface area contributed by atoms with E-state index in [1.807, 2.05) is 73.1 Å². The zero-order valence-corrected chi connectivity index (χ0v) is 20.7. The Morgan fingerprint density at radius 3 is 2.71 bits per heavy atom. The Hall–Kier alpha value is -3.49. The highest BCUT2D eigenvalue weighted by molar-refractivity contribution is 7.99. The fourth-order valence-electron chi connectivity index (χ4n) is 5.16. The van der Waals surface area contributed by atoms with Gasteiger partial charge in [0, 0.05) is 26.1 Å². The summed E-state index contributed by atoms with van der Waals surface area (Å²) in [7, 11) is 1.95. The Morgan fingerprint density at radius 2 is 1.94 bits per heavy atom. The Balaban J connectivity index is 1.55. The molecule has 178 valence electrons. The molecule has 1 aliphatic heterocycles. The largest absolute Gasteiger partial charge is 0.364 e. The first-order valence-corrected chi connectivity index (χ1v) is 12.7. The quantitative estimate of drug-likeness (QED) is 0.326. The number of thioether (sulfide) groups is 1. The maximum atomic E-state index is 14.1. The molecule has 1 fully saturated rings. The first kappa shape index (κ1) is 23.3. The third kappa shape index (κ3) is 4.02. The van der Waals surface area contributed by atoms with Crippen LogP contribution in [0.3, 0.4) is 0 Å². The monoisotopic (exact) mass is 486 g/mol. The zero-order chi connectivity index (χ0) is 24.6. The number of carbonyl (C=O) groups is 2. The fourth-order valence-corrected chi connectivity index (χ4v) is 6.09. The smallest absolute Gasteiger partial charge is 0.331 e. The molecule has 0 bridgehead atoms. The number of imidazole rings is 1. The van der Waals surface area contributed by atoms with Gasteiger partial charge in [0.15, 0.2) is 11.2 Å². The van der Waals surface area contributed by atoms with E-state index >= 15 is 0 Å². The van der Waals surface area contributed by atoms with Crippen molar-refractivity contribution in [2.24, 2.45) is 12.8 Å². The number of carbonyl (C=O) groups excluding carboxylic acids is 2. The number of pyridine rings is 1. The van der Waals surface area contributed by atoms with E-state index < -0.39 is 11.9 Å². The van der Waals surface area contributed by atoms with E-state index in [2.05, 4.69) is 6.07 Å². The molecule has 1 unspecified atom stereocenters. The van der Waals surface area contributed by atoms with E-state index in [-0.39, 0.29) is 16.1 Å². The summed E-state index contributed by atoms with van der Waals surface area (Å²) in [5, 5.41) is 0.760. The lowest BCUT2D eigenvalue weighted by Gasteiger charge is -2.35.